The molecule has 1 aromatic heterocycles. The van der Waals surface area contributed by atoms with Gasteiger partial charge >= 0.3 is 12.0 Å². The summed E-state index contributed by atoms with van der Waals surface area (Å²) in [6, 6.07) is 1.59. The van der Waals surface area contributed by atoms with E-state index in [1.807, 2.05) is 12.3 Å². The first kappa shape index (κ1) is 15.0. The fourth-order valence-electron chi connectivity index (χ4n) is 1.58. The minimum absolute atomic E-state index is 0.0551. The molecule has 3 N–H and O–H groups in total. The molecule has 1 rings (SSSR count). The van der Waals surface area contributed by atoms with Crippen molar-refractivity contribution < 1.29 is 14.7 Å². The SMILES string of the molecule is CC(CNC(=O)NCCCn1cccn1)CC(=O)O. The highest BCUT2D eigenvalue weighted by Crippen LogP contribution is 1.98. The van der Waals surface area contributed by atoms with E-state index in [2.05, 4.69) is 15.7 Å². The molecule has 0 saturated carbocycles. The van der Waals surface area contributed by atoms with Crippen LogP contribution in [0.2, 0.25) is 0 Å². The van der Waals surface area contributed by atoms with Gasteiger partial charge in [-0.15, -0.1) is 0 Å². The van der Waals surface area contributed by atoms with Crippen LogP contribution < -0.4 is 10.6 Å². The van der Waals surface area contributed by atoms with Gasteiger partial charge in [-0.1, -0.05) is 6.92 Å². The summed E-state index contributed by atoms with van der Waals surface area (Å²) in [6.45, 7) is 3.45. The van der Waals surface area contributed by atoms with Gasteiger partial charge in [0.1, 0.15) is 0 Å². The molecular formula is C12H20N4O3. The number of carboxylic acids is 1. The van der Waals surface area contributed by atoms with Gasteiger partial charge < -0.3 is 15.7 Å². The predicted octanol–water partition coefficient (Wildman–Crippen LogP) is 0.683. The number of nitrogens with one attached hydrogen (secondary N) is 2. The van der Waals surface area contributed by atoms with E-state index in [4.69, 9.17) is 5.11 Å². The zero-order valence-electron chi connectivity index (χ0n) is 11.0. The maximum Gasteiger partial charge on any atom is 0.314 e. The fourth-order valence-corrected chi connectivity index (χ4v) is 1.58. The molecule has 7 nitrogen and oxygen atoms in total. The lowest BCUT2D eigenvalue weighted by Crippen LogP contribution is -2.38. The summed E-state index contributed by atoms with van der Waals surface area (Å²) in [7, 11) is 0. The van der Waals surface area contributed by atoms with Crippen molar-refractivity contribution in [3.05, 3.63) is 18.5 Å². The molecule has 0 aliphatic heterocycles. The Balaban J connectivity index is 2.03. The van der Waals surface area contributed by atoms with Crippen LogP contribution in [0.4, 0.5) is 4.79 Å². The number of hydrogen-bond acceptors (Lipinski definition) is 3. The largest absolute Gasteiger partial charge is 0.481 e. The topological polar surface area (TPSA) is 96.3 Å². The second-order valence-corrected chi connectivity index (χ2v) is 4.46. The molecule has 0 radical (unpaired) electrons. The van der Waals surface area contributed by atoms with Gasteiger partial charge in [0.15, 0.2) is 0 Å². The van der Waals surface area contributed by atoms with Gasteiger partial charge in [-0.25, -0.2) is 4.79 Å². The second-order valence-electron chi connectivity index (χ2n) is 4.46. The molecule has 0 aromatic carbocycles. The number of carboxylic acid groups (broad SMARTS) is 1. The van der Waals surface area contributed by atoms with E-state index >= 15 is 0 Å². The number of aliphatic carboxylic acids is 1. The Labute approximate surface area is 112 Å². The maximum absolute atomic E-state index is 11.4. The van der Waals surface area contributed by atoms with E-state index in [0.717, 1.165) is 13.0 Å². The first-order chi connectivity index (χ1) is 9.08. The quantitative estimate of drug-likeness (QED) is 0.604. The van der Waals surface area contributed by atoms with Crippen molar-refractivity contribution in [3.8, 4) is 0 Å². The van der Waals surface area contributed by atoms with Crippen LogP contribution in [0.3, 0.4) is 0 Å². The van der Waals surface area contributed by atoms with Crippen LogP contribution in [0.1, 0.15) is 19.8 Å². The monoisotopic (exact) mass is 268 g/mol. The van der Waals surface area contributed by atoms with Crippen molar-refractivity contribution in [3.63, 3.8) is 0 Å². The minimum Gasteiger partial charge on any atom is -0.481 e. The average molecular weight is 268 g/mol. The second kappa shape index (κ2) is 8.12. The van der Waals surface area contributed by atoms with Gasteiger partial charge in [-0.3, -0.25) is 9.48 Å². The van der Waals surface area contributed by atoms with Crippen molar-refractivity contribution in [1.29, 1.82) is 0 Å². The minimum atomic E-state index is -0.853. The third kappa shape index (κ3) is 7.07. The molecule has 0 saturated heterocycles. The molecule has 0 aliphatic carbocycles. The molecule has 2 amide bonds. The molecular weight excluding hydrogens is 248 g/mol. The summed E-state index contributed by atoms with van der Waals surface area (Å²) in [5.41, 5.74) is 0. The Bertz CT molecular complexity index is 392. The number of nitrogens with zero attached hydrogens (tertiary/aromatic N) is 2. The van der Waals surface area contributed by atoms with Crippen LogP contribution in [0.15, 0.2) is 18.5 Å². The molecule has 0 aliphatic rings. The van der Waals surface area contributed by atoms with Crippen LogP contribution in [0, 0.1) is 5.92 Å². The zero-order valence-corrected chi connectivity index (χ0v) is 11.0. The van der Waals surface area contributed by atoms with Gasteiger partial charge in [-0.05, 0) is 18.4 Å². The van der Waals surface area contributed by atoms with Crippen molar-refractivity contribution in [2.24, 2.45) is 5.92 Å². The van der Waals surface area contributed by atoms with E-state index < -0.39 is 5.97 Å². The number of aryl methyl sites for hydroxylation is 1. The van der Waals surface area contributed by atoms with Crippen LogP contribution in [0.25, 0.3) is 0 Å². The molecule has 0 spiro atoms. The van der Waals surface area contributed by atoms with E-state index in [1.165, 1.54) is 0 Å². The van der Waals surface area contributed by atoms with E-state index in [-0.39, 0.29) is 18.4 Å². The van der Waals surface area contributed by atoms with Crippen molar-refractivity contribution in [2.45, 2.75) is 26.3 Å². The number of carbonyl (C=O) groups is 2. The highest BCUT2D eigenvalue weighted by molar-refractivity contribution is 5.73. The summed E-state index contributed by atoms with van der Waals surface area (Å²) in [6.07, 6.45) is 4.43. The molecule has 106 valence electrons. The van der Waals surface area contributed by atoms with E-state index in [0.29, 0.717) is 13.1 Å². The molecule has 1 heterocycles. The Hall–Kier alpha value is -2.05. The number of hydrogen-bond donors (Lipinski definition) is 3. The van der Waals surface area contributed by atoms with Crippen molar-refractivity contribution >= 4 is 12.0 Å². The molecule has 1 unspecified atom stereocenters. The molecule has 1 atom stereocenters. The van der Waals surface area contributed by atoms with Gasteiger partial charge in [0, 0.05) is 38.4 Å². The summed E-state index contributed by atoms with van der Waals surface area (Å²) >= 11 is 0. The number of urea groups is 1. The summed E-state index contributed by atoms with van der Waals surface area (Å²) < 4.78 is 1.80. The number of carbonyl (C=O) groups excluding carboxylic acids is 1. The normalized spacial score (nSPS) is 11.8. The van der Waals surface area contributed by atoms with Gasteiger partial charge in [0.2, 0.25) is 0 Å². The summed E-state index contributed by atoms with van der Waals surface area (Å²) in [5.74, 6) is -0.929. The molecule has 19 heavy (non-hydrogen) atoms. The van der Waals surface area contributed by atoms with Crippen molar-refractivity contribution in [2.75, 3.05) is 13.1 Å². The molecule has 1 aromatic rings. The van der Waals surface area contributed by atoms with Gasteiger partial charge in [0.25, 0.3) is 0 Å². The summed E-state index contributed by atoms with van der Waals surface area (Å²) in [5, 5.41) is 18.0. The van der Waals surface area contributed by atoms with Crippen LogP contribution in [0.5, 0.6) is 0 Å². The van der Waals surface area contributed by atoms with Crippen LogP contribution >= 0.6 is 0 Å². The Morgan fingerprint density at radius 1 is 1.42 bits per heavy atom. The highest BCUT2D eigenvalue weighted by Gasteiger charge is 2.08. The van der Waals surface area contributed by atoms with E-state index in [9.17, 15) is 9.59 Å². The highest BCUT2D eigenvalue weighted by atomic mass is 16.4. The number of aromatic nitrogens is 2. The third-order valence-corrected chi connectivity index (χ3v) is 2.54. The van der Waals surface area contributed by atoms with Gasteiger partial charge in [-0.2, -0.15) is 5.10 Å². The lowest BCUT2D eigenvalue weighted by Gasteiger charge is -2.11. The van der Waals surface area contributed by atoms with Crippen LogP contribution in [-0.2, 0) is 11.3 Å². The Kier molecular flexibility index (Phi) is 6.42. The van der Waals surface area contributed by atoms with Gasteiger partial charge in [0.05, 0.1) is 0 Å². The lowest BCUT2D eigenvalue weighted by molar-refractivity contribution is -0.137. The lowest BCUT2D eigenvalue weighted by atomic mass is 10.1. The predicted molar refractivity (Wildman–Crippen MR) is 69.7 cm³/mol. The molecule has 0 fully saturated rings. The van der Waals surface area contributed by atoms with E-state index in [1.54, 1.807) is 17.8 Å². The summed E-state index contributed by atoms with van der Waals surface area (Å²) in [4.78, 5) is 21.8. The molecule has 7 heteroatoms. The van der Waals surface area contributed by atoms with Crippen LogP contribution in [-0.4, -0.2) is 40.0 Å². The first-order valence-corrected chi connectivity index (χ1v) is 6.29. The number of rotatable bonds is 8. The third-order valence-electron chi connectivity index (χ3n) is 2.54. The fraction of sp³-hybridized carbons (Fsp3) is 0.583. The standard InChI is InChI=1S/C12H20N4O3/c1-10(8-11(17)18)9-14-12(19)13-4-2-6-16-7-3-5-15-16/h3,5,7,10H,2,4,6,8-9H2,1H3,(H,17,18)(H2,13,14,19). The molecule has 0 bridgehead atoms. The number of amides is 2. The van der Waals surface area contributed by atoms with Crippen molar-refractivity contribution in [1.82, 2.24) is 20.4 Å². The Morgan fingerprint density at radius 2 is 2.21 bits per heavy atom. The average Bonchev–Trinajstić information content (AvgIpc) is 2.84. The zero-order chi connectivity index (χ0) is 14.1. The first-order valence-electron chi connectivity index (χ1n) is 6.29. The maximum atomic E-state index is 11.4. The smallest absolute Gasteiger partial charge is 0.314 e. The Morgan fingerprint density at radius 3 is 2.84 bits per heavy atom.